The summed E-state index contributed by atoms with van der Waals surface area (Å²) < 4.78 is 46.4. The summed E-state index contributed by atoms with van der Waals surface area (Å²) in [5.41, 5.74) is 1.88. The van der Waals surface area contributed by atoms with Crippen molar-refractivity contribution < 1.29 is 27.8 Å². The first-order chi connectivity index (χ1) is 16.4. The second-order valence-electron chi connectivity index (χ2n) is 8.76. The van der Waals surface area contributed by atoms with E-state index in [0.717, 1.165) is 17.3 Å². The molecule has 0 saturated carbocycles. The highest BCUT2D eigenvalue weighted by Crippen LogP contribution is 2.32. The quantitative estimate of drug-likeness (QED) is 0.363. The van der Waals surface area contributed by atoms with Gasteiger partial charge < -0.3 is 14.8 Å². The van der Waals surface area contributed by atoms with Crippen molar-refractivity contribution >= 4 is 17.1 Å². The number of H-pyrrole nitrogens is 2. The Balaban J connectivity index is 1.66. The van der Waals surface area contributed by atoms with E-state index in [9.17, 15) is 23.1 Å². The van der Waals surface area contributed by atoms with Gasteiger partial charge in [0, 0.05) is 46.2 Å². The van der Waals surface area contributed by atoms with Crippen LogP contribution in [0, 0.1) is 0 Å². The Bertz CT molecular complexity index is 1330. The van der Waals surface area contributed by atoms with Crippen LogP contribution in [-0.4, -0.2) is 70.6 Å². The molecule has 4 aromatic heterocycles. The van der Waals surface area contributed by atoms with E-state index >= 15 is 0 Å². The van der Waals surface area contributed by atoms with Crippen LogP contribution in [0.15, 0.2) is 43.2 Å². The number of hydrogen-bond acceptors (Lipinski definition) is 6. The fourth-order valence-corrected chi connectivity index (χ4v) is 3.47. The zero-order valence-corrected chi connectivity index (χ0v) is 19.0. The van der Waals surface area contributed by atoms with Crippen molar-refractivity contribution in [1.29, 1.82) is 0 Å². The Morgan fingerprint density at radius 3 is 2.54 bits per heavy atom. The maximum Gasteiger partial charge on any atom is 0.427 e. The summed E-state index contributed by atoms with van der Waals surface area (Å²) in [4.78, 5) is 27.8. The number of nitrogens with zero attached hydrogens (tertiary/aromatic N) is 5. The third-order valence-electron chi connectivity index (χ3n) is 5.27. The zero-order chi connectivity index (χ0) is 25.4. The molecule has 0 aliphatic carbocycles. The Kier molecular flexibility index (Phi) is 6.09. The lowest BCUT2D eigenvalue weighted by molar-refractivity contribution is -0.201. The normalized spacial score (nSPS) is 13.1. The van der Waals surface area contributed by atoms with Crippen molar-refractivity contribution in [3.63, 3.8) is 0 Å². The zero-order valence-electron chi connectivity index (χ0n) is 19.0. The van der Waals surface area contributed by atoms with Crippen molar-refractivity contribution in [1.82, 2.24) is 35.0 Å². The Morgan fingerprint density at radius 1 is 1.14 bits per heavy atom. The first-order valence-corrected chi connectivity index (χ1v) is 10.5. The highest BCUT2D eigenvalue weighted by molar-refractivity contribution is 5.94. The molecule has 13 heteroatoms. The largest absolute Gasteiger partial charge is 0.465 e. The smallest absolute Gasteiger partial charge is 0.427 e. The first kappa shape index (κ1) is 24.0. The van der Waals surface area contributed by atoms with Crippen LogP contribution in [0.4, 0.5) is 18.0 Å². The van der Waals surface area contributed by atoms with Gasteiger partial charge >= 0.3 is 12.3 Å². The minimum atomic E-state index is -4.85. The lowest BCUT2D eigenvalue weighted by Gasteiger charge is -2.36. The fraction of sp³-hybridized carbons (Fsp3) is 0.318. The van der Waals surface area contributed by atoms with Crippen molar-refractivity contribution in [2.45, 2.75) is 38.6 Å². The summed E-state index contributed by atoms with van der Waals surface area (Å²) in [7, 11) is 0. The minimum absolute atomic E-state index is 0.256. The van der Waals surface area contributed by atoms with Crippen LogP contribution in [-0.2, 0) is 0 Å². The number of pyridine rings is 1. The maximum absolute atomic E-state index is 13.8. The molecule has 184 valence electrons. The van der Waals surface area contributed by atoms with E-state index in [1.54, 1.807) is 24.8 Å². The molecule has 3 N–H and O–H groups in total. The molecule has 4 rings (SSSR count). The summed E-state index contributed by atoms with van der Waals surface area (Å²) in [6, 6.07) is 1.85. The van der Waals surface area contributed by atoms with Crippen LogP contribution in [0.5, 0.6) is 5.88 Å². The number of rotatable bonds is 6. The predicted octanol–water partition coefficient (Wildman–Crippen LogP) is 4.50. The van der Waals surface area contributed by atoms with Gasteiger partial charge in [-0.2, -0.15) is 18.3 Å². The third kappa shape index (κ3) is 5.18. The molecule has 0 aromatic carbocycles. The minimum Gasteiger partial charge on any atom is -0.465 e. The summed E-state index contributed by atoms with van der Waals surface area (Å²) in [6.45, 7) is 3.56. The number of aromatic nitrogens is 6. The molecule has 1 amide bonds. The van der Waals surface area contributed by atoms with Gasteiger partial charge in [0.1, 0.15) is 5.65 Å². The predicted molar refractivity (Wildman–Crippen MR) is 120 cm³/mol. The average Bonchev–Trinajstić information content (AvgIpc) is 3.44. The van der Waals surface area contributed by atoms with Crippen LogP contribution in [0.3, 0.4) is 0 Å². The summed E-state index contributed by atoms with van der Waals surface area (Å²) in [5, 5.41) is 16.7. The van der Waals surface area contributed by atoms with Gasteiger partial charge in [0.15, 0.2) is 0 Å². The number of amides is 1. The molecular weight excluding hydrogens is 467 g/mol. The monoisotopic (exact) mass is 489 g/mol. The van der Waals surface area contributed by atoms with Gasteiger partial charge in [-0.25, -0.2) is 14.8 Å². The molecule has 1 atom stereocenters. The molecule has 0 aliphatic rings. The topological polar surface area (TPSA) is 133 Å². The van der Waals surface area contributed by atoms with Crippen molar-refractivity contribution in [3.05, 3.63) is 43.2 Å². The van der Waals surface area contributed by atoms with Crippen molar-refractivity contribution in [3.8, 4) is 28.3 Å². The highest BCUT2D eigenvalue weighted by Gasteiger charge is 2.45. The lowest BCUT2D eigenvalue weighted by atomic mass is 10.1. The second kappa shape index (κ2) is 8.89. The molecule has 0 bridgehead atoms. The lowest BCUT2D eigenvalue weighted by Crippen LogP contribution is -2.53. The van der Waals surface area contributed by atoms with Crippen LogP contribution >= 0.6 is 0 Å². The van der Waals surface area contributed by atoms with Gasteiger partial charge in [-0.15, -0.1) is 0 Å². The van der Waals surface area contributed by atoms with E-state index in [0.29, 0.717) is 21.5 Å². The molecule has 35 heavy (non-hydrogen) atoms. The molecular formula is C22H22F3N7O3. The van der Waals surface area contributed by atoms with Crippen LogP contribution in [0.1, 0.15) is 20.8 Å². The average molecular weight is 489 g/mol. The van der Waals surface area contributed by atoms with Gasteiger partial charge in [0.05, 0.1) is 30.8 Å². The molecule has 0 aliphatic heterocycles. The Morgan fingerprint density at radius 2 is 1.91 bits per heavy atom. The second-order valence-corrected chi connectivity index (χ2v) is 8.76. The van der Waals surface area contributed by atoms with Crippen LogP contribution in [0.2, 0.25) is 0 Å². The number of aromatic amines is 2. The fourth-order valence-electron chi connectivity index (χ4n) is 3.47. The van der Waals surface area contributed by atoms with Gasteiger partial charge in [-0.1, -0.05) is 0 Å². The molecule has 0 radical (unpaired) electrons. The van der Waals surface area contributed by atoms with Crippen LogP contribution < -0.4 is 4.74 Å². The molecule has 0 fully saturated rings. The van der Waals surface area contributed by atoms with E-state index < -0.39 is 36.3 Å². The molecule has 0 saturated heterocycles. The van der Waals surface area contributed by atoms with Crippen molar-refractivity contribution in [2.24, 2.45) is 0 Å². The number of carbonyl (C=O) groups is 1. The number of fused-ring (bicyclic) bond motifs is 1. The van der Waals surface area contributed by atoms with E-state index in [4.69, 9.17) is 4.74 Å². The van der Waals surface area contributed by atoms with Gasteiger partial charge in [0.2, 0.25) is 12.0 Å². The summed E-state index contributed by atoms with van der Waals surface area (Å²) >= 11 is 0. The van der Waals surface area contributed by atoms with E-state index in [-0.39, 0.29) is 5.69 Å². The van der Waals surface area contributed by atoms with E-state index in [1.807, 2.05) is 6.07 Å². The Labute approximate surface area is 197 Å². The number of hydrogen-bond donors (Lipinski definition) is 3. The summed E-state index contributed by atoms with van der Waals surface area (Å²) in [6.07, 6.45) is 0.288. The third-order valence-corrected chi connectivity index (χ3v) is 5.27. The molecule has 4 aromatic rings. The highest BCUT2D eigenvalue weighted by atomic mass is 19.4. The first-order valence-electron chi connectivity index (χ1n) is 10.5. The molecule has 4 heterocycles. The summed E-state index contributed by atoms with van der Waals surface area (Å²) in [5.74, 6) is -0.391. The van der Waals surface area contributed by atoms with Gasteiger partial charge in [0.25, 0.3) is 0 Å². The van der Waals surface area contributed by atoms with E-state index in [1.165, 1.54) is 27.0 Å². The standard InChI is InChI=1S/C22H22F3N7O3/c1-21(2,3)32(20(33)34)11-17(22(23,24)25)35-18-10-26-9-16(31-18)15-8-28-19-14(15)4-12(5-27-19)13-6-29-30-7-13/h4-10,17H,11H2,1-3H3,(H,27,28)(H,29,30)(H,33,34). The molecule has 1 unspecified atom stereocenters. The van der Waals surface area contributed by atoms with E-state index in [2.05, 4.69) is 30.1 Å². The van der Waals surface area contributed by atoms with Crippen LogP contribution in [0.25, 0.3) is 33.4 Å². The number of nitrogens with one attached hydrogen (secondary N) is 2. The van der Waals surface area contributed by atoms with Crippen molar-refractivity contribution in [2.75, 3.05) is 6.54 Å². The molecule has 0 spiro atoms. The number of alkyl halides is 3. The van der Waals surface area contributed by atoms with Gasteiger partial charge in [-0.3, -0.25) is 15.0 Å². The number of carboxylic acid groups (broad SMARTS) is 1. The maximum atomic E-state index is 13.8. The Hall–Kier alpha value is -4.16. The van der Waals surface area contributed by atoms with Gasteiger partial charge in [-0.05, 0) is 26.8 Å². The molecule has 10 nitrogen and oxygen atoms in total. The number of halogens is 3. The number of ether oxygens (including phenoxy) is 1. The SMILES string of the molecule is CC(C)(C)N(CC(Oc1cncc(-c2c[nH]c3ncc(-c4cn[nH]c4)cc23)n1)C(F)(F)F)C(=O)O.